The van der Waals surface area contributed by atoms with Crippen LogP contribution in [0.4, 0.5) is 0 Å². The third-order valence-electron chi connectivity index (χ3n) is 3.59. The number of rotatable bonds is 6. The summed E-state index contributed by atoms with van der Waals surface area (Å²) in [5.41, 5.74) is 0. The predicted octanol–water partition coefficient (Wildman–Crippen LogP) is 3.76. The second-order valence-electron chi connectivity index (χ2n) is 5.23. The van der Waals surface area contributed by atoms with Gasteiger partial charge in [0.1, 0.15) is 0 Å². The molecule has 0 saturated heterocycles. The highest BCUT2D eigenvalue weighted by Crippen LogP contribution is 2.22. The highest BCUT2D eigenvalue weighted by atomic mass is 35.5. The lowest BCUT2D eigenvalue weighted by Gasteiger charge is -2.24. The molecular formula is C14H23ClN2S. The number of hydrogen-bond acceptors (Lipinski definition) is 3. The molecule has 0 aromatic carbocycles. The van der Waals surface area contributed by atoms with Gasteiger partial charge in [-0.15, -0.1) is 11.3 Å². The summed E-state index contributed by atoms with van der Waals surface area (Å²) in [5, 5.41) is 3.68. The third kappa shape index (κ3) is 4.88. The molecule has 18 heavy (non-hydrogen) atoms. The van der Waals surface area contributed by atoms with E-state index in [2.05, 4.69) is 23.3 Å². The summed E-state index contributed by atoms with van der Waals surface area (Å²) in [7, 11) is 2.18. The molecule has 0 radical (unpaired) electrons. The van der Waals surface area contributed by atoms with Crippen molar-refractivity contribution >= 4 is 22.9 Å². The van der Waals surface area contributed by atoms with Crippen molar-refractivity contribution in [3.63, 3.8) is 0 Å². The van der Waals surface area contributed by atoms with Crippen LogP contribution in [0.3, 0.4) is 0 Å². The molecular weight excluding hydrogens is 264 g/mol. The van der Waals surface area contributed by atoms with Crippen molar-refractivity contribution in [2.24, 2.45) is 0 Å². The topological polar surface area (TPSA) is 15.3 Å². The highest BCUT2D eigenvalue weighted by Gasteiger charge is 2.12. The van der Waals surface area contributed by atoms with Crippen LogP contribution in [0.15, 0.2) is 12.1 Å². The van der Waals surface area contributed by atoms with Gasteiger partial charge >= 0.3 is 0 Å². The minimum atomic E-state index is 0.767. The van der Waals surface area contributed by atoms with Gasteiger partial charge in [0.15, 0.2) is 0 Å². The molecule has 1 saturated carbocycles. The lowest BCUT2D eigenvalue weighted by Crippen LogP contribution is -2.36. The maximum atomic E-state index is 5.94. The van der Waals surface area contributed by atoms with E-state index in [1.54, 1.807) is 11.3 Å². The molecule has 1 fully saturated rings. The van der Waals surface area contributed by atoms with E-state index in [-0.39, 0.29) is 0 Å². The Morgan fingerprint density at radius 2 is 2.11 bits per heavy atom. The van der Waals surface area contributed by atoms with Crippen LogP contribution in [0.2, 0.25) is 4.34 Å². The third-order valence-corrected chi connectivity index (χ3v) is 4.80. The summed E-state index contributed by atoms with van der Waals surface area (Å²) >= 11 is 7.62. The second-order valence-corrected chi connectivity index (χ2v) is 7.03. The van der Waals surface area contributed by atoms with Crippen LogP contribution < -0.4 is 5.32 Å². The van der Waals surface area contributed by atoms with Crippen LogP contribution in [-0.4, -0.2) is 31.1 Å². The number of hydrogen-bond donors (Lipinski definition) is 1. The van der Waals surface area contributed by atoms with Gasteiger partial charge in [0.2, 0.25) is 0 Å². The molecule has 2 nitrogen and oxygen atoms in total. The summed E-state index contributed by atoms with van der Waals surface area (Å²) < 4.78 is 0.888. The maximum absolute atomic E-state index is 5.94. The van der Waals surface area contributed by atoms with E-state index in [1.807, 2.05) is 6.07 Å². The van der Waals surface area contributed by atoms with Gasteiger partial charge in [-0.2, -0.15) is 0 Å². The van der Waals surface area contributed by atoms with E-state index in [9.17, 15) is 0 Å². The van der Waals surface area contributed by atoms with E-state index in [0.29, 0.717) is 0 Å². The van der Waals surface area contributed by atoms with Crippen LogP contribution in [0.1, 0.15) is 37.0 Å². The van der Waals surface area contributed by atoms with E-state index in [1.165, 1.54) is 37.0 Å². The van der Waals surface area contributed by atoms with Gasteiger partial charge in [-0.25, -0.2) is 0 Å². The Bertz CT molecular complexity index is 347. The Labute approximate surface area is 119 Å². The quantitative estimate of drug-likeness (QED) is 0.857. The monoisotopic (exact) mass is 286 g/mol. The molecule has 1 heterocycles. The molecule has 4 heteroatoms. The zero-order valence-electron chi connectivity index (χ0n) is 11.1. The molecule has 1 aromatic rings. The van der Waals surface area contributed by atoms with Crippen molar-refractivity contribution in [2.45, 2.75) is 44.7 Å². The van der Waals surface area contributed by atoms with E-state index in [0.717, 1.165) is 30.0 Å². The zero-order chi connectivity index (χ0) is 12.8. The Hall–Kier alpha value is -0.0900. The van der Waals surface area contributed by atoms with E-state index in [4.69, 9.17) is 11.6 Å². The first-order chi connectivity index (χ1) is 8.74. The maximum Gasteiger partial charge on any atom is 0.0931 e. The van der Waals surface area contributed by atoms with Crippen LogP contribution in [-0.2, 0) is 6.54 Å². The lowest BCUT2D eigenvalue weighted by atomic mass is 9.95. The first kappa shape index (κ1) is 14.3. The molecule has 1 aromatic heterocycles. The molecule has 102 valence electrons. The minimum Gasteiger partial charge on any atom is -0.313 e. The van der Waals surface area contributed by atoms with Crippen molar-refractivity contribution in [1.29, 1.82) is 0 Å². The molecule has 2 rings (SSSR count). The van der Waals surface area contributed by atoms with Crippen LogP contribution in [0, 0.1) is 0 Å². The molecule has 0 aliphatic heterocycles. The average Bonchev–Trinajstić information content (AvgIpc) is 2.76. The number of nitrogens with zero attached hydrogens (tertiary/aromatic N) is 1. The normalized spacial score (nSPS) is 17.5. The zero-order valence-corrected chi connectivity index (χ0v) is 12.7. The molecule has 1 aliphatic carbocycles. The van der Waals surface area contributed by atoms with Gasteiger partial charge in [0.05, 0.1) is 4.34 Å². The Kier molecular flexibility index (Phi) is 5.96. The van der Waals surface area contributed by atoms with E-state index < -0.39 is 0 Å². The lowest BCUT2D eigenvalue weighted by molar-refractivity contribution is 0.302. The summed E-state index contributed by atoms with van der Waals surface area (Å²) in [6, 6.07) is 4.87. The van der Waals surface area contributed by atoms with Crippen LogP contribution in [0.25, 0.3) is 0 Å². The molecule has 1 N–H and O–H groups in total. The van der Waals surface area contributed by atoms with Crippen molar-refractivity contribution < 1.29 is 0 Å². The van der Waals surface area contributed by atoms with Crippen molar-refractivity contribution in [3.8, 4) is 0 Å². The number of thiophene rings is 1. The summed E-state index contributed by atoms with van der Waals surface area (Å²) in [5.74, 6) is 0. The fourth-order valence-electron chi connectivity index (χ4n) is 2.55. The highest BCUT2D eigenvalue weighted by molar-refractivity contribution is 7.16. The molecule has 0 atom stereocenters. The first-order valence-corrected chi connectivity index (χ1v) is 8.09. The number of halogens is 1. The SMILES string of the molecule is CN(CCNC1CCCCC1)Cc1ccc(Cl)s1. The van der Waals surface area contributed by atoms with Gasteiger partial charge in [0.25, 0.3) is 0 Å². The smallest absolute Gasteiger partial charge is 0.0931 e. The fraction of sp³-hybridized carbons (Fsp3) is 0.714. The van der Waals surface area contributed by atoms with Gasteiger partial charge in [0, 0.05) is 30.6 Å². The first-order valence-electron chi connectivity index (χ1n) is 6.90. The molecule has 0 amide bonds. The number of likely N-dealkylation sites (N-methyl/N-ethyl adjacent to an activating group) is 1. The summed E-state index contributed by atoms with van der Waals surface area (Å²) in [6.45, 7) is 3.20. The molecule has 1 aliphatic rings. The average molecular weight is 287 g/mol. The minimum absolute atomic E-state index is 0.767. The summed E-state index contributed by atoms with van der Waals surface area (Å²) in [4.78, 5) is 3.71. The van der Waals surface area contributed by atoms with Gasteiger partial charge in [-0.05, 0) is 32.0 Å². The van der Waals surface area contributed by atoms with Gasteiger partial charge in [-0.3, -0.25) is 0 Å². The van der Waals surface area contributed by atoms with Gasteiger partial charge < -0.3 is 10.2 Å². The van der Waals surface area contributed by atoms with E-state index >= 15 is 0 Å². The van der Waals surface area contributed by atoms with Crippen molar-refractivity contribution in [1.82, 2.24) is 10.2 Å². The van der Waals surface area contributed by atoms with Crippen LogP contribution in [0.5, 0.6) is 0 Å². The van der Waals surface area contributed by atoms with Crippen LogP contribution >= 0.6 is 22.9 Å². The van der Waals surface area contributed by atoms with Crippen molar-refractivity contribution in [2.75, 3.05) is 20.1 Å². The molecule has 0 unspecified atom stereocenters. The molecule has 0 spiro atoms. The Morgan fingerprint density at radius 1 is 1.33 bits per heavy atom. The Morgan fingerprint density at radius 3 is 2.78 bits per heavy atom. The number of nitrogens with one attached hydrogen (secondary N) is 1. The largest absolute Gasteiger partial charge is 0.313 e. The fourth-order valence-corrected chi connectivity index (χ4v) is 3.72. The predicted molar refractivity (Wildman–Crippen MR) is 80.5 cm³/mol. The van der Waals surface area contributed by atoms with Gasteiger partial charge in [-0.1, -0.05) is 30.9 Å². The second kappa shape index (κ2) is 7.49. The van der Waals surface area contributed by atoms with Crippen molar-refractivity contribution in [3.05, 3.63) is 21.3 Å². The molecule has 0 bridgehead atoms. The summed E-state index contributed by atoms with van der Waals surface area (Å²) in [6.07, 6.45) is 6.97. The standard InChI is InChI=1S/C14H23ClN2S/c1-17(11-13-7-8-14(15)18-13)10-9-16-12-5-3-2-4-6-12/h7-8,12,16H,2-6,9-11H2,1H3. The Balaban J connectivity index is 1.60.